The third-order valence-corrected chi connectivity index (χ3v) is 3.06. The summed E-state index contributed by atoms with van der Waals surface area (Å²) in [4.78, 5) is 0. The van der Waals surface area contributed by atoms with Gasteiger partial charge in [-0.05, 0) is 0 Å². The van der Waals surface area contributed by atoms with Crippen LogP contribution < -0.4 is 0 Å². The average Bonchev–Trinajstić information content (AvgIpc) is 1.66. The highest BCUT2D eigenvalue weighted by Gasteiger charge is 2.03. The molecule has 0 aliphatic rings. The molecule has 0 fully saturated rings. The number of halogens is 1. The lowest BCUT2D eigenvalue weighted by atomic mass is 10.3. The van der Waals surface area contributed by atoms with Crippen molar-refractivity contribution < 1.29 is 0 Å². The van der Waals surface area contributed by atoms with Gasteiger partial charge in [0, 0.05) is 0 Å². The topological polar surface area (TPSA) is 0 Å². The summed E-state index contributed by atoms with van der Waals surface area (Å²) in [5.41, 5.74) is 0. The van der Waals surface area contributed by atoms with Gasteiger partial charge in [-0.1, -0.05) is 37.3 Å². The Morgan fingerprint density at radius 1 is 1.38 bits per heavy atom. The molecule has 0 aromatic rings. The molecule has 0 N–H and O–H groups in total. The van der Waals surface area contributed by atoms with Crippen LogP contribution in [-0.2, 0) is 0 Å². The van der Waals surface area contributed by atoms with E-state index >= 15 is 0 Å². The molecule has 0 radical (unpaired) electrons. The van der Waals surface area contributed by atoms with Crippen molar-refractivity contribution >= 4 is 23.3 Å². The van der Waals surface area contributed by atoms with Crippen LogP contribution in [0.3, 0.4) is 0 Å². The first-order chi connectivity index (χ1) is 3.77. The Labute approximate surface area is 60.8 Å². The van der Waals surface area contributed by atoms with Crippen LogP contribution in [0.1, 0.15) is 26.2 Å². The Balaban J connectivity index is 2.72. The lowest BCUT2D eigenvalue weighted by Gasteiger charge is -1.93. The Hall–Kier alpha value is 0.822. The Kier molecular flexibility index (Phi) is 6.56. The van der Waals surface area contributed by atoms with E-state index < -0.39 is 13.2 Å². The van der Waals surface area contributed by atoms with Gasteiger partial charge in [-0.15, -0.1) is 0 Å². The molecule has 0 aromatic heterocycles. The summed E-state index contributed by atoms with van der Waals surface area (Å²) in [7, 11) is 5.85. The second-order valence-electron chi connectivity index (χ2n) is 2.28. The number of hydrogen-bond donors (Lipinski definition) is 0. The van der Waals surface area contributed by atoms with Crippen molar-refractivity contribution in [2.45, 2.75) is 37.3 Å². The molecule has 2 heteroatoms. The minimum absolute atomic E-state index is 0.730. The number of hydrogen-bond acceptors (Lipinski definition) is 0. The molecule has 0 unspecified atom stereocenters. The third-order valence-electron chi connectivity index (χ3n) is 1.21. The predicted molar refractivity (Wildman–Crippen MR) is 41.8 cm³/mol. The van der Waals surface area contributed by atoms with Crippen LogP contribution in [-0.4, -0.2) is 13.2 Å². The van der Waals surface area contributed by atoms with Crippen LogP contribution in [0.15, 0.2) is 0 Å². The number of rotatable bonds is 4. The lowest BCUT2D eigenvalue weighted by molar-refractivity contribution is 0.768. The van der Waals surface area contributed by atoms with E-state index in [1.165, 1.54) is 24.5 Å². The second kappa shape index (κ2) is 5.95. The van der Waals surface area contributed by atoms with Gasteiger partial charge in [-0.25, -0.2) is 0 Å². The van der Waals surface area contributed by atoms with Gasteiger partial charge in [0.2, 0.25) is 0 Å². The molecule has 0 aliphatic carbocycles. The normalized spacial score (nSPS) is 9.38. The van der Waals surface area contributed by atoms with Crippen LogP contribution >= 0.6 is 10.0 Å². The molecule has 0 amide bonds. The van der Waals surface area contributed by atoms with E-state index in [0.717, 1.165) is 0 Å². The minimum Gasteiger partial charge on any atom is -0.261 e. The summed E-state index contributed by atoms with van der Waals surface area (Å²) >= 11 is -0.730. The summed E-state index contributed by atoms with van der Waals surface area (Å²) < 4.78 is 0. The van der Waals surface area contributed by atoms with E-state index in [1.807, 2.05) is 0 Å². The highest BCUT2D eigenvalue weighted by atomic mass is 35.6. The van der Waals surface area contributed by atoms with Crippen molar-refractivity contribution in [2.75, 3.05) is 0 Å². The van der Waals surface area contributed by atoms with Crippen molar-refractivity contribution in [3.63, 3.8) is 0 Å². The van der Waals surface area contributed by atoms with Crippen molar-refractivity contribution in [1.29, 1.82) is 0 Å². The molecule has 0 aromatic carbocycles. The standard InChI is InChI=1S/C5H11.CH3.Al.ClH/c1-3-5-4-2;;;/h1,3-5H2,2H3;1H3;;1H/q;;+1;/p-1. The van der Waals surface area contributed by atoms with E-state index in [-0.39, 0.29) is 0 Å². The molecule has 0 saturated heterocycles. The maximum Gasteiger partial charge on any atom is 0.396 e. The Morgan fingerprint density at radius 3 is 2.38 bits per heavy atom. The summed E-state index contributed by atoms with van der Waals surface area (Å²) in [6, 6.07) is 0. The fraction of sp³-hybridized carbons (Fsp3) is 1.00. The van der Waals surface area contributed by atoms with E-state index in [9.17, 15) is 0 Å². The van der Waals surface area contributed by atoms with Crippen molar-refractivity contribution in [2.24, 2.45) is 0 Å². The van der Waals surface area contributed by atoms with Gasteiger partial charge in [0.25, 0.3) is 0 Å². The van der Waals surface area contributed by atoms with Gasteiger partial charge in [0.1, 0.15) is 0 Å². The smallest absolute Gasteiger partial charge is 0.261 e. The van der Waals surface area contributed by atoms with Crippen molar-refractivity contribution in [1.82, 2.24) is 0 Å². The first-order valence-electron chi connectivity index (χ1n) is 3.41. The maximum atomic E-state index is 5.85. The van der Waals surface area contributed by atoms with Gasteiger partial charge in [-0.3, -0.25) is 10.0 Å². The largest absolute Gasteiger partial charge is 0.396 e. The van der Waals surface area contributed by atoms with Crippen LogP contribution in [0.4, 0.5) is 0 Å². The van der Waals surface area contributed by atoms with Gasteiger partial charge < -0.3 is 0 Å². The molecular formula is C6H14AlCl. The van der Waals surface area contributed by atoms with E-state index in [0.29, 0.717) is 0 Å². The lowest BCUT2D eigenvalue weighted by Crippen LogP contribution is -1.93. The average molecular weight is 149 g/mol. The molecule has 0 rings (SSSR count). The maximum absolute atomic E-state index is 5.85. The SMILES string of the molecule is CCCC[CH2][Al]([CH3])[Cl]. The molecule has 48 valence electrons. The number of unbranched alkanes of at least 4 members (excludes halogenated alkanes) is 2. The summed E-state index contributed by atoms with van der Waals surface area (Å²) in [5, 5.41) is 1.31. The van der Waals surface area contributed by atoms with E-state index in [2.05, 4.69) is 12.7 Å². The van der Waals surface area contributed by atoms with E-state index in [1.54, 1.807) is 0 Å². The summed E-state index contributed by atoms with van der Waals surface area (Å²) in [5.74, 6) is 2.19. The predicted octanol–water partition coefficient (Wildman–Crippen LogP) is 3.04. The van der Waals surface area contributed by atoms with Crippen molar-refractivity contribution in [3.8, 4) is 0 Å². The Morgan fingerprint density at radius 2 is 2.00 bits per heavy atom. The molecule has 0 spiro atoms. The van der Waals surface area contributed by atoms with Gasteiger partial charge in [0.15, 0.2) is 0 Å². The van der Waals surface area contributed by atoms with Gasteiger partial charge in [-0.2, -0.15) is 0 Å². The summed E-state index contributed by atoms with van der Waals surface area (Å²) in [6.07, 6.45) is 4.04. The molecule has 0 nitrogen and oxygen atoms in total. The minimum atomic E-state index is -0.730. The van der Waals surface area contributed by atoms with E-state index in [4.69, 9.17) is 10.0 Å². The van der Waals surface area contributed by atoms with Gasteiger partial charge >= 0.3 is 13.2 Å². The molecule has 0 atom stereocenters. The second-order valence-corrected chi connectivity index (χ2v) is 6.65. The third kappa shape index (κ3) is 6.82. The molecule has 0 bridgehead atoms. The molecule has 0 saturated carbocycles. The van der Waals surface area contributed by atoms with Gasteiger partial charge in [0.05, 0.1) is 0 Å². The highest BCUT2D eigenvalue weighted by molar-refractivity contribution is 7.06. The highest BCUT2D eigenvalue weighted by Crippen LogP contribution is 2.05. The fourth-order valence-corrected chi connectivity index (χ4v) is 1.99. The van der Waals surface area contributed by atoms with Crippen molar-refractivity contribution in [3.05, 3.63) is 0 Å². The fourth-order valence-electron chi connectivity index (χ4n) is 0.676. The first-order valence-corrected chi connectivity index (χ1v) is 7.13. The zero-order chi connectivity index (χ0) is 6.41. The first kappa shape index (κ1) is 8.82. The molecule has 0 heterocycles. The quantitative estimate of drug-likeness (QED) is 0.425. The molecule has 8 heavy (non-hydrogen) atoms. The molecular weight excluding hydrogens is 135 g/mol. The van der Waals surface area contributed by atoms with Crippen LogP contribution in [0.2, 0.25) is 11.1 Å². The zero-order valence-electron chi connectivity index (χ0n) is 5.78. The zero-order valence-corrected chi connectivity index (χ0v) is 7.69. The summed E-state index contributed by atoms with van der Waals surface area (Å²) in [6.45, 7) is 2.22. The monoisotopic (exact) mass is 148 g/mol. The van der Waals surface area contributed by atoms with Crippen LogP contribution in [0.5, 0.6) is 0 Å². The molecule has 0 aliphatic heterocycles. The van der Waals surface area contributed by atoms with Crippen LogP contribution in [0, 0.1) is 0 Å². The Bertz CT molecular complexity index is 45.8. The van der Waals surface area contributed by atoms with Crippen LogP contribution in [0.25, 0.3) is 0 Å².